The lowest BCUT2D eigenvalue weighted by atomic mass is 10.2. The zero-order valence-corrected chi connectivity index (χ0v) is 12.2. The number of carbonyl (C=O) groups excluding carboxylic acids is 2. The molecule has 0 saturated carbocycles. The zero-order valence-electron chi connectivity index (χ0n) is 11.4. The molecule has 0 spiro atoms. The molecule has 2 amide bonds. The van der Waals surface area contributed by atoms with Crippen LogP contribution >= 0.6 is 0 Å². The normalized spacial score (nSPS) is 11.8. The minimum Gasteiger partial charge on any atom is -0.355 e. The summed E-state index contributed by atoms with van der Waals surface area (Å²) in [5.41, 5.74) is -5.39. The third kappa shape index (κ3) is 4.45. The summed E-state index contributed by atoms with van der Waals surface area (Å²) in [4.78, 5) is 21.3. The summed E-state index contributed by atoms with van der Waals surface area (Å²) in [7, 11) is -5.43. The number of carbonyl (C=O) groups is 2. The molecule has 122 valence electrons. The second kappa shape index (κ2) is 6.77. The molecule has 0 unspecified atom stereocenters. The zero-order chi connectivity index (χ0) is 17.0. The summed E-state index contributed by atoms with van der Waals surface area (Å²) >= 11 is 0. The highest BCUT2D eigenvalue weighted by Crippen LogP contribution is 2.30. The fraction of sp³-hybridized carbons (Fsp3) is 0.333. The van der Waals surface area contributed by atoms with Crippen LogP contribution in [0.3, 0.4) is 0 Å². The fourth-order valence-corrected chi connectivity index (χ4v) is 2.20. The minimum atomic E-state index is -5.43. The first-order valence-corrected chi connectivity index (χ1v) is 7.48. The number of halogens is 3. The fourth-order valence-electron chi connectivity index (χ4n) is 1.44. The van der Waals surface area contributed by atoms with Crippen molar-refractivity contribution in [3.63, 3.8) is 0 Å². The summed E-state index contributed by atoms with van der Waals surface area (Å²) < 4.78 is 59.3. The number of nitrogens with one attached hydrogen (secondary N) is 2. The van der Waals surface area contributed by atoms with Crippen molar-refractivity contribution in [3.8, 4) is 0 Å². The van der Waals surface area contributed by atoms with Crippen LogP contribution in [0.1, 0.15) is 17.3 Å². The molecule has 0 aromatic heterocycles. The highest BCUT2D eigenvalue weighted by molar-refractivity contribution is 7.92. The molecule has 0 aliphatic carbocycles. The molecule has 1 aromatic carbocycles. The second-order valence-corrected chi connectivity index (χ2v) is 6.15. The quantitative estimate of drug-likeness (QED) is 0.779. The van der Waals surface area contributed by atoms with Crippen LogP contribution in [-0.2, 0) is 14.6 Å². The van der Waals surface area contributed by atoms with E-state index in [1.54, 1.807) is 0 Å². The summed E-state index contributed by atoms with van der Waals surface area (Å²) in [5, 5.41) is 4.86. The Labute approximate surface area is 124 Å². The molecule has 0 heterocycles. The first-order chi connectivity index (χ1) is 10.1. The SMILES string of the molecule is CC(=O)NCCNC(=O)c1ccc(S(=O)(=O)C(F)(F)F)cc1. The minimum absolute atomic E-state index is 0.00366. The molecule has 0 fully saturated rings. The lowest BCUT2D eigenvalue weighted by Crippen LogP contribution is -2.33. The summed E-state index contributed by atoms with van der Waals surface area (Å²) in [5.74, 6) is -0.864. The van der Waals surface area contributed by atoms with E-state index in [4.69, 9.17) is 0 Å². The Kier molecular flexibility index (Phi) is 5.53. The van der Waals surface area contributed by atoms with E-state index in [-0.39, 0.29) is 24.6 Å². The number of benzene rings is 1. The molecular weight excluding hydrogens is 325 g/mol. The predicted octanol–water partition coefficient (Wildman–Crippen LogP) is 0.846. The first-order valence-electron chi connectivity index (χ1n) is 6.00. The molecule has 6 nitrogen and oxygen atoms in total. The van der Waals surface area contributed by atoms with Gasteiger partial charge in [0.15, 0.2) is 0 Å². The molecular formula is C12H13F3N2O4S. The smallest absolute Gasteiger partial charge is 0.355 e. The summed E-state index contributed by atoms with van der Waals surface area (Å²) in [6.45, 7) is 1.63. The van der Waals surface area contributed by atoms with Gasteiger partial charge in [-0.3, -0.25) is 9.59 Å². The number of hydrogen-bond acceptors (Lipinski definition) is 4. The number of rotatable bonds is 5. The van der Waals surface area contributed by atoms with E-state index in [2.05, 4.69) is 10.6 Å². The van der Waals surface area contributed by atoms with E-state index >= 15 is 0 Å². The number of amides is 2. The van der Waals surface area contributed by atoms with Gasteiger partial charge in [-0.05, 0) is 24.3 Å². The van der Waals surface area contributed by atoms with Gasteiger partial charge < -0.3 is 10.6 Å². The van der Waals surface area contributed by atoms with Gasteiger partial charge in [0.2, 0.25) is 5.91 Å². The molecule has 0 atom stereocenters. The van der Waals surface area contributed by atoms with Gasteiger partial charge in [0.05, 0.1) is 4.90 Å². The lowest BCUT2D eigenvalue weighted by molar-refractivity contribution is -0.118. The third-order valence-electron chi connectivity index (χ3n) is 2.52. The Morgan fingerprint density at radius 1 is 1.05 bits per heavy atom. The predicted molar refractivity (Wildman–Crippen MR) is 70.7 cm³/mol. The Morgan fingerprint density at radius 3 is 2.00 bits per heavy atom. The van der Waals surface area contributed by atoms with Gasteiger partial charge in [0.1, 0.15) is 0 Å². The molecule has 0 aliphatic rings. The molecule has 0 radical (unpaired) electrons. The maximum Gasteiger partial charge on any atom is 0.501 e. The van der Waals surface area contributed by atoms with Crippen molar-refractivity contribution in [2.45, 2.75) is 17.3 Å². The van der Waals surface area contributed by atoms with Crippen LogP contribution in [0.15, 0.2) is 29.2 Å². The molecule has 2 N–H and O–H groups in total. The van der Waals surface area contributed by atoms with Crippen LogP contribution in [0.5, 0.6) is 0 Å². The summed E-state index contributed by atoms with van der Waals surface area (Å²) in [6, 6.07) is 3.38. The molecule has 10 heteroatoms. The highest BCUT2D eigenvalue weighted by atomic mass is 32.2. The average molecular weight is 338 g/mol. The molecule has 1 rings (SSSR count). The van der Waals surface area contributed by atoms with Gasteiger partial charge in [0, 0.05) is 25.6 Å². The monoisotopic (exact) mass is 338 g/mol. The van der Waals surface area contributed by atoms with E-state index < -0.39 is 26.1 Å². The standard InChI is InChI=1S/C12H13F3N2O4S/c1-8(18)16-6-7-17-11(19)9-2-4-10(5-3-9)22(20,21)12(13,14)15/h2-5H,6-7H2,1H3,(H,16,18)(H,17,19). The third-order valence-corrected chi connectivity index (χ3v) is 4.02. The Hall–Kier alpha value is -2.10. The molecule has 0 saturated heterocycles. The van der Waals surface area contributed by atoms with E-state index in [1.807, 2.05) is 0 Å². The van der Waals surface area contributed by atoms with Crippen LogP contribution in [0.4, 0.5) is 13.2 Å². The largest absolute Gasteiger partial charge is 0.501 e. The van der Waals surface area contributed by atoms with Crippen molar-refractivity contribution in [2.24, 2.45) is 0 Å². The molecule has 1 aromatic rings. The van der Waals surface area contributed by atoms with Crippen LogP contribution in [0.2, 0.25) is 0 Å². The lowest BCUT2D eigenvalue weighted by Gasteiger charge is -2.09. The van der Waals surface area contributed by atoms with Gasteiger partial charge in [-0.1, -0.05) is 0 Å². The van der Waals surface area contributed by atoms with Crippen LogP contribution in [0.25, 0.3) is 0 Å². The topological polar surface area (TPSA) is 92.3 Å². The highest BCUT2D eigenvalue weighted by Gasteiger charge is 2.46. The van der Waals surface area contributed by atoms with Crippen molar-refractivity contribution in [3.05, 3.63) is 29.8 Å². The van der Waals surface area contributed by atoms with Gasteiger partial charge in [-0.15, -0.1) is 0 Å². The van der Waals surface area contributed by atoms with Gasteiger partial charge >= 0.3 is 5.51 Å². The van der Waals surface area contributed by atoms with E-state index in [9.17, 15) is 31.2 Å². The molecule has 0 aliphatic heterocycles. The van der Waals surface area contributed by atoms with Gasteiger partial charge in [-0.2, -0.15) is 13.2 Å². The van der Waals surface area contributed by atoms with Crippen LogP contribution in [0, 0.1) is 0 Å². The van der Waals surface area contributed by atoms with Crippen molar-refractivity contribution < 1.29 is 31.2 Å². The second-order valence-electron chi connectivity index (χ2n) is 4.21. The van der Waals surface area contributed by atoms with Crippen LogP contribution in [-0.4, -0.2) is 38.8 Å². The summed E-state index contributed by atoms with van der Waals surface area (Å²) in [6.07, 6.45) is 0. The Morgan fingerprint density at radius 2 is 1.55 bits per heavy atom. The number of alkyl halides is 3. The number of sulfone groups is 1. The van der Waals surface area contributed by atoms with E-state index in [1.165, 1.54) is 6.92 Å². The average Bonchev–Trinajstić information content (AvgIpc) is 2.42. The molecule has 22 heavy (non-hydrogen) atoms. The Balaban J connectivity index is 2.73. The van der Waals surface area contributed by atoms with Crippen molar-refractivity contribution in [1.29, 1.82) is 0 Å². The van der Waals surface area contributed by atoms with E-state index in [0.29, 0.717) is 12.1 Å². The van der Waals surface area contributed by atoms with Crippen molar-refractivity contribution in [2.75, 3.05) is 13.1 Å². The van der Waals surface area contributed by atoms with Gasteiger partial charge in [-0.25, -0.2) is 8.42 Å². The first kappa shape index (κ1) is 18.0. The maximum atomic E-state index is 12.3. The number of hydrogen-bond donors (Lipinski definition) is 2. The van der Waals surface area contributed by atoms with Crippen LogP contribution < -0.4 is 10.6 Å². The maximum absolute atomic E-state index is 12.3. The Bertz CT molecular complexity index is 654. The van der Waals surface area contributed by atoms with E-state index in [0.717, 1.165) is 12.1 Å². The van der Waals surface area contributed by atoms with Gasteiger partial charge in [0.25, 0.3) is 15.7 Å². The van der Waals surface area contributed by atoms with Crippen molar-refractivity contribution in [1.82, 2.24) is 10.6 Å². The molecule has 0 bridgehead atoms. The van der Waals surface area contributed by atoms with Crippen molar-refractivity contribution >= 4 is 21.7 Å².